The molecule has 1 aromatic carbocycles. The van der Waals surface area contributed by atoms with E-state index in [4.69, 9.17) is 9.47 Å². The summed E-state index contributed by atoms with van der Waals surface area (Å²) in [5, 5.41) is 7.39. The van der Waals surface area contributed by atoms with Crippen molar-refractivity contribution in [2.75, 3.05) is 13.7 Å². The molecule has 1 N–H and O–H groups in total. The average Bonchev–Trinajstić information content (AvgIpc) is 3.41. The molecule has 1 aliphatic carbocycles. The molecular weight excluding hydrogens is 563 g/mol. The summed E-state index contributed by atoms with van der Waals surface area (Å²) in [6, 6.07) is 4.38. The molecule has 1 fully saturated rings. The summed E-state index contributed by atoms with van der Waals surface area (Å²) < 4.78 is 14.8. The Morgan fingerprint density at radius 3 is 2.73 bits per heavy atom. The summed E-state index contributed by atoms with van der Waals surface area (Å²) in [4.78, 5) is 12.9. The van der Waals surface area contributed by atoms with Gasteiger partial charge in [0.25, 0.3) is 0 Å². The Morgan fingerprint density at radius 1 is 1.43 bits per heavy atom. The first-order chi connectivity index (χ1) is 14.1. The molecule has 1 saturated carbocycles. The Kier molecular flexibility index (Phi) is 7.68. The fourth-order valence-electron chi connectivity index (χ4n) is 3.19. The number of carbonyl (C=O) groups is 1. The number of aromatic nitrogens is 2. The zero-order valence-corrected chi connectivity index (χ0v) is 21.9. The smallest absolute Gasteiger partial charge is 0.425 e. The molecule has 166 valence electrons. The number of amides is 1. The van der Waals surface area contributed by atoms with Gasteiger partial charge >= 0.3 is 6.09 Å². The number of hydrazine groups is 1. The van der Waals surface area contributed by atoms with Crippen LogP contribution in [0.5, 0.6) is 0 Å². The predicted octanol–water partition coefficient (Wildman–Crippen LogP) is 5.41. The normalized spacial score (nSPS) is 15.4. The van der Waals surface area contributed by atoms with E-state index in [1.54, 1.807) is 12.1 Å². The quantitative estimate of drug-likeness (QED) is 0.252. The van der Waals surface area contributed by atoms with Gasteiger partial charge in [-0.15, -0.1) is 0 Å². The maximum atomic E-state index is 12.9. The van der Waals surface area contributed by atoms with Crippen LogP contribution in [0.2, 0.25) is 0 Å². The highest BCUT2D eigenvalue weighted by Crippen LogP contribution is 2.33. The van der Waals surface area contributed by atoms with Crippen molar-refractivity contribution in [1.82, 2.24) is 20.2 Å². The molecule has 1 atom stereocenters. The lowest BCUT2D eigenvalue weighted by Crippen LogP contribution is -2.47. The summed E-state index contributed by atoms with van der Waals surface area (Å²) in [5.74, 6) is 0. The number of halogens is 2. The lowest BCUT2D eigenvalue weighted by molar-refractivity contribution is 0.00245. The van der Waals surface area contributed by atoms with Crippen molar-refractivity contribution < 1.29 is 14.3 Å². The molecule has 9 heteroatoms. The van der Waals surface area contributed by atoms with E-state index in [9.17, 15) is 4.79 Å². The number of rotatable bonds is 8. The van der Waals surface area contributed by atoms with E-state index in [2.05, 4.69) is 61.2 Å². The van der Waals surface area contributed by atoms with Crippen molar-refractivity contribution in [3.8, 4) is 0 Å². The van der Waals surface area contributed by atoms with E-state index < -0.39 is 5.60 Å². The summed E-state index contributed by atoms with van der Waals surface area (Å²) in [6.07, 6.45) is 2.67. The fourth-order valence-corrected chi connectivity index (χ4v) is 5.06. The Labute approximate surface area is 200 Å². The maximum absolute atomic E-state index is 12.9. The zero-order chi connectivity index (χ0) is 22.1. The Bertz CT molecular complexity index is 908. The van der Waals surface area contributed by atoms with Gasteiger partial charge in [-0.25, -0.2) is 15.2 Å². The van der Waals surface area contributed by atoms with Gasteiger partial charge in [0.15, 0.2) is 0 Å². The number of hydrogen-bond donors (Lipinski definition) is 1. The van der Waals surface area contributed by atoms with Gasteiger partial charge in [0.2, 0.25) is 0 Å². The maximum Gasteiger partial charge on any atom is 0.425 e. The highest BCUT2D eigenvalue weighted by atomic mass is 127. The van der Waals surface area contributed by atoms with E-state index in [1.807, 2.05) is 32.4 Å². The largest absolute Gasteiger partial charge is 0.443 e. The molecule has 30 heavy (non-hydrogen) atoms. The lowest BCUT2D eigenvalue weighted by atomic mass is 10.1. The number of nitrogens with one attached hydrogen (secondary N) is 1. The van der Waals surface area contributed by atoms with Crippen LogP contribution < -0.4 is 5.43 Å². The highest BCUT2D eigenvalue weighted by molar-refractivity contribution is 14.1. The van der Waals surface area contributed by atoms with Crippen molar-refractivity contribution in [2.24, 2.45) is 0 Å². The van der Waals surface area contributed by atoms with Gasteiger partial charge in [-0.1, -0.05) is 0 Å². The molecule has 1 aliphatic rings. The second kappa shape index (κ2) is 9.70. The first-order valence-electron chi connectivity index (χ1n) is 10.2. The molecule has 3 rings (SSSR count). The predicted molar refractivity (Wildman–Crippen MR) is 129 cm³/mol. The Hall–Kier alpha value is -0.910. The number of carbonyl (C=O) groups excluding carboxylic acids is 1. The minimum Gasteiger partial charge on any atom is -0.443 e. The molecule has 0 bridgehead atoms. The summed E-state index contributed by atoms with van der Waals surface area (Å²) in [6.45, 7) is 9.13. The highest BCUT2D eigenvalue weighted by Gasteiger charge is 2.33. The standard InChI is InChI=1S/C21H30BrIN4O3/c1-13(27(24-15-7-8-15)20(28)30-21(2,3)4)14-11-16(23)18-17(12-14)26(25-19(18)22)9-6-10-29-5/h11-13,15,24H,6-10H2,1-5H3. The first kappa shape index (κ1) is 23.7. The van der Waals surface area contributed by atoms with Gasteiger partial charge < -0.3 is 9.47 Å². The molecule has 0 radical (unpaired) electrons. The molecule has 7 nitrogen and oxygen atoms in total. The lowest BCUT2D eigenvalue weighted by Gasteiger charge is -2.32. The average molecular weight is 593 g/mol. The number of hydrogen-bond acceptors (Lipinski definition) is 5. The zero-order valence-electron chi connectivity index (χ0n) is 18.2. The van der Waals surface area contributed by atoms with Crippen LogP contribution in [0.4, 0.5) is 4.79 Å². The van der Waals surface area contributed by atoms with Crippen LogP contribution >= 0.6 is 38.5 Å². The molecule has 1 aromatic heterocycles. The third-order valence-corrected chi connectivity index (χ3v) is 6.27. The topological polar surface area (TPSA) is 68.6 Å². The molecule has 1 unspecified atom stereocenters. The molecule has 0 aliphatic heterocycles. The number of methoxy groups -OCH3 is 1. The molecule has 0 saturated heterocycles. The van der Waals surface area contributed by atoms with E-state index in [0.29, 0.717) is 12.6 Å². The van der Waals surface area contributed by atoms with Crippen molar-refractivity contribution >= 4 is 55.5 Å². The molecule has 2 aromatic rings. The minimum absolute atomic E-state index is 0.195. The van der Waals surface area contributed by atoms with Gasteiger partial charge in [-0.3, -0.25) is 4.68 Å². The van der Waals surface area contributed by atoms with E-state index in [1.165, 1.54) is 0 Å². The first-order valence-corrected chi connectivity index (χ1v) is 12.1. The molecule has 1 heterocycles. The fraction of sp³-hybridized carbons (Fsp3) is 0.619. The van der Waals surface area contributed by atoms with Crippen LogP contribution in [-0.4, -0.2) is 46.2 Å². The number of benzene rings is 1. The van der Waals surface area contributed by atoms with Crippen molar-refractivity contribution in [2.45, 2.75) is 71.2 Å². The van der Waals surface area contributed by atoms with Crippen molar-refractivity contribution in [3.63, 3.8) is 0 Å². The second-order valence-electron chi connectivity index (χ2n) is 8.69. The molecule has 1 amide bonds. The van der Waals surface area contributed by atoms with E-state index >= 15 is 0 Å². The van der Waals surface area contributed by atoms with Crippen LogP contribution in [0.15, 0.2) is 16.7 Å². The van der Waals surface area contributed by atoms with Crippen LogP contribution in [0.1, 0.15) is 58.6 Å². The number of nitrogens with zero attached hydrogens (tertiary/aromatic N) is 3. The summed E-state index contributed by atoms with van der Waals surface area (Å²) >= 11 is 5.94. The SMILES string of the molecule is COCCCn1nc(Br)c2c(I)cc(C(C)N(NC3CC3)C(=O)OC(C)(C)C)cc21. The number of fused-ring (bicyclic) bond motifs is 1. The van der Waals surface area contributed by atoms with E-state index in [-0.39, 0.29) is 12.1 Å². The third-order valence-electron chi connectivity index (χ3n) is 4.86. The second-order valence-corrected chi connectivity index (χ2v) is 10.6. The van der Waals surface area contributed by atoms with Crippen LogP contribution in [-0.2, 0) is 16.0 Å². The van der Waals surface area contributed by atoms with Crippen LogP contribution in [0, 0.1) is 3.57 Å². The van der Waals surface area contributed by atoms with E-state index in [0.717, 1.165) is 50.4 Å². The number of aryl methyl sites for hydroxylation is 1. The Morgan fingerprint density at radius 2 is 2.13 bits per heavy atom. The van der Waals surface area contributed by atoms with Crippen molar-refractivity contribution in [1.29, 1.82) is 0 Å². The van der Waals surface area contributed by atoms with Gasteiger partial charge in [0, 0.05) is 35.3 Å². The van der Waals surface area contributed by atoms with Gasteiger partial charge in [-0.2, -0.15) is 5.10 Å². The number of ether oxygens (including phenoxy) is 2. The van der Waals surface area contributed by atoms with Crippen LogP contribution in [0.3, 0.4) is 0 Å². The monoisotopic (exact) mass is 592 g/mol. The third kappa shape index (κ3) is 5.86. The summed E-state index contributed by atoms with van der Waals surface area (Å²) in [5.41, 5.74) is 4.87. The Balaban J connectivity index is 1.93. The minimum atomic E-state index is -0.552. The summed E-state index contributed by atoms with van der Waals surface area (Å²) in [7, 11) is 1.71. The van der Waals surface area contributed by atoms with Crippen molar-refractivity contribution in [3.05, 3.63) is 25.9 Å². The van der Waals surface area contributed by atoms with Gasteiger partial charge in [0.1, 0.15) is 10.2 Å². The molecule has 0 spiro atoms. The van der Waals surface area contributed by atoms with Gasteiger partial charge in [0.05, 0.1) is 11.6 Å². The molecular formula is C21H30BrIN4O3. The van der Waals surface area contributed by atoms with Gasteiger partial charge in [-0.05, 0) is 103 Å². The van der Waals surface area contributed by atoms with Crippen LogP contribution in [0.25, 0.3) is 10.9 Å².